The average molecular weight is 228 g/mol. The molecule has 2 rings (SSSR count). The summed E-state index contributed by atoms with van der Waals surface area (Å²) in [5, 5.41) is 2.72. The van der Waals surface area contributed by atoms with E-state index < -0.39 is 0 Å². The lowest BCUT2D eigenvalue weighted by atomic mass is 10.1. The second-order valence-corrected chi connectivity index (χ2v) is 4.06. The number of carbonyl (C=O) groups is 2. The van der Waals surface area contributed by atoms with E-state index in [4.69, 9.17) is 0 Å². The van der Waals surface area contributed by atoms with Crippen molar-refractivity contribution in [2.75, 3.05) is 19.4 Å². The van der Waals surface area contributed by atoms with E-state index in [1.807, 2.05) is 0 Å². The molecule has 1 aliphatic rings. The van der Waals surface area contributed by atoms with Gasteiger partial charge in [0.1, 0.15) is 0 Å². The molecule has 0 bridgehead atoms. The van der Waals surface area contributed by atoms with Gasteiger partial charge in [0.05, 0.1) is 6.42 Å². The van der Waals surface area contributed by atoms with Gasteiger partial charge in [-0.1, -0.05) is 0 Å². The number of hydrogen-bond acceptors (Lipinski definition) is 3. The normalized spacial score (nSPS) is 12.2. The number of benzene rings is 1. The van der Waals surface area contributed by atoms with E-state index in [9.17, 15) is 9.59 Å². The SMILES string of the molecule is CN(C)C#CC(=O)c1ccc2c(c1)CC(=O)N2. The van der Waals surface area contributed by atoms with Gasteiger partial charge in [-0.05, 0) is 29.7 Å². The molecule has 1 amide bonds. The van der Waals surface area contributed by atoms with Crippen LogP contribution >= 0.6 is 0 Å². The van der Waals surface area contributed by atoms with Gasteiger partial charge < -0.3 is 10.2 Å². The number of ketones is 1. The predicted octanol–water partition coefficient (Wildman–Crippen LogP) is 0.886. The summed E-state index contributed by atoms with van der Waals surface area (Å²) in [4.78, 5) is 24.5. The van der Waals surface area contributed by atoms with Crippen LogP contribution in [0.3, 0.4) is 0 Å². The summed E-state index contributed by atoms with van der Waals surface area (Å²) in [5.74, 6) is 2.26. The zero-order valence-electron chi connectivity index (χ0n) is 9.70. The molecule has 0 fully saturated rings. The van der Waals surface area contributed by atoms with Crippen LogP contribution in [0.5, 0.6) is 0 Å². The van der Waals surface area contributed by atoms with Crippen LogP contribution in [0.2, 0.25) is 0 Å². The van der Waals surface area contributed by atoms with E-state index in [0.29, 0.717) is 12.0 Å². The fourth-order valence-electron chi connectivity index (χ4n) is 1.61. The summed E-state index contributed by atoms with van der Waals surface area (Å²) in [6.07, 6.45) is 0.331. The maximum absolute atomic E-state index is 11.7. The van der Waals surface area contributed by atoms with Crippen molar-refractivity contribution in [3.8, 4) is 12.0 Å². The minimum absolute atomic E-state index is 0.0380. The summed E-state index contributed by atoms with van der Waals surface area (Å²) in [6, 6.07) is 7.81. The molecule has 0 spiro atoms. The minimum Gasteiger partial charge on any atom is -0.338 e. The van der Waals surface area contributed by atoms with Crippen LogP contribution in [0.4, 0.5) is 5.69 Å². The van der Waals surface area contributed by atoms with E-state index in [-0.39, 0.29) is 11.7 Å². The molecule has 17 heavy (non-hydrogen) atoms. The molecule has 1 aliphatic heterocycles. The topological polar surface area (TPSA) is 49.4 Å². The number of carbonyl (C=O) groups excluding carboxylic acids is 2. The summed E-state index contributed by atoms with van der Waals surface area (Å²) >= 11 is 0. The molecule has 86 valence electrons. The molecule has 4 nitrogen and oxygen atoms in total. The Hall–Kier alpha value is -2.28. The smallest absolute Gasteiger partial charge is 0.237 e. The third-order valence-corrected chi connectivity index (χ3v) is 2.39. The first-order chi connectivity index (χ1) is 8.06. The molecule has 0 saturated heterocycles. The van der Waals surface area contributed by atoms with E-state index in [2.05, 4.69) is 17.3 Å². The van der Waals surface area contributed by atoms with Crippen LogP contribution in [0.15, 0.2) is 18.2 Å². The predicted molar refractivity (Wildman–Crippen MR) is 64.6 cm³/mol. The van der Waals surface area contributed by atoms with E-state index in [1.54, 1.807) is 37.2 Å². The number of nitrogens with one attached hydrogen (secondary N) is 1. The van der Waals surface area contributed by atoms with Gasteiger partial charge in [-0.2, -0.15) is 0 Å². The van der Waals surface area contributed by atoms with Crippen molar-refractivity contribution < 1.29 is 9.59 Å². The fourth-order valence-corrected chi connectivity index (χ4v) is 1.61. The van der Waals surface area contributed by atoms with Gasteiger partial charge in [0.25, 0.3) is 0 Å². The second kappa shape index (κ2) is 4.30. The number of hydrogen-bond donors (Lipinski definition) is 1. The van der Waals surface area contributed by atoms with Crippen molar-refractivity contribution in [2.45, 2.75) is 6.42 Å². The lowest BCUT2D eigenvalue weighted by Gasteiger charge is -2.00. The standard InChI is InChI=1S/C13H12N2O2/c1-15(2)6-5-12(16)9-3-4-11-10(7-9)8-13(17)14-11/h3-4,7H,8H2,1-2H3,(H,14,17). The van der Waals surface area contributed by atoms with Gasteiger partial charge in [-0.15, -0.1) is 0 Å². The molecule has 0 aromatic heterocycles. The van der Waals surface area contributed by atoms with Crippen molar-refractivity contribution in [1.29, 1.82) is 0 Å². The van der Waals surface area contributed by atoms with Crippen molar-refractivity contribution in [1.82, 2.24) is 4.90 Å². The van der Waals surface area contributed by atoms with Crippen molar-refractivity contribution in [2.24, 2.45) is 0 Å². The highest BCUT2D eigenvalue weighted by molar-refractivity contribution is 6.10. The zero-order chi connectivity index (χ0) is 12.4. The Kier molecular flexibility index (Phi) is 2.84. The van der Waals surface area contributed by atoms with Crippen molar-refractivity contribution in [3.63, 3.8) is 0 Å². The van der Waals surface area contributed by atoms with Gasteiger partial charge in [-0.25, -0.2) is 0 Å². The molecule has 0 atom stereocenters. The van der Waals surface area contributed by atoms with Gasteiger partial charge in [0.15, 0.2) is 0 Å². The lowest BCUT2D eigenvalue weighted by molar-refractivity contribution is -0.115. The third kappa shape index (κ3) is 2.45. The van der Waals surface area contributed by atoms with Crippen LogP contribution in [0, 0.1) is 12.0 Å². The monoisotopic (exact) mass is 228 g/mol. The minimum atomic E-state index is -0.235. The van der Waals surface area contributed by atoms with Crippen LogP contribution in [-0.4, -0.2) is 30.7 Å². The third-order valence-electron chi connectivity index (χ3n) is 2.39. The Bertz CT molecular complexity index is 550. The molecule has 1 N–H and O–H groups in total. The van der Waals surface area contributed by atoms with Crippen LogP contribution in [-0.2, 0) is 11.2 Å². The number of fused-ring (bicyclic) bond motifs is 1. The number of amides is 1. The molecular formula is C13H12N2O2. The summed E-state index contributed by atoms with van der Waals surface area (Å²) in [5.41, 5.74) is 2.16. The Labute approximate surface area is 99.6 Å². The quantitative estimate of drug-likeness (QED) is 0.441. The second-order valence-electron chi connectivity index (χ2n) is 4.06. The van der Waals surface area contributed by atoms with Crippen molar-refractivity contribution >= 4 is 17.4 Å². The van der Waals surface area contributed by atoms with Gasteiger partial charge in [0, 0.05) is 31.4 Å². The molecule has 0 radical (unpaired) electrons. The number of Topliss-reactive ketones (excluding diaryl/α,β-unsaturated/α-hetero) is 1. The number of anilines is 1. The molecule has 1 heterocycles. The van der Waals surface area contributed by atoms with Gasteiger partial charge in [-0.3, -0.25) is 9.59 Å². The van der Waals surface area contributed by atoms with E-state index in [0.717, 1.165) is 11.3 Å². The number of nitrogens with zero attached hydrogens (tertiary/aromatic N) is 1. The van der Waals surface area contributed by atoms with E-state index >= 15 is 0 Å². The maximum atomic E-state index is 11.7. The van der Waals surface area contributed by atoms with Crippen LogP contribution in [0.25, 0.3) is 0 Å². The molecule has 4 heteroatoms. The Morgan fingerprint density at radius 2 is 2.18 bits per heavy atom. The fraction of sp³-hybridized carbons (Fsp3) is 0.231. The first-order valence-corrected chi connectivity index (χ1v) is 5.22. The van der Waals surface area contributed by atoms with Gasteiger partial charge >= 0.3 is 0 Å². The molecule has 0 unspecified atom stereocenters. The summed E-state index contributed by atoms with van der Waals surface area (Å²) in [7, 11) is 3.54. The van der Waals surface area contributed by atoms with Crippen LogP contribution < -0.4 is 5.32 Å². The Morgan fingerprint density at radius 1 is 1.41 bits per heavy atom. The zero-order valence-corrected chi connectivity index (χ0v) is 9.70. The van der Waals surface area contributed by atoms with E-state index in [1.165, 1.54) is 0 Å². The molecule has 0 saturated carbocycles. The number of rotatable bonds is 1. The Morgan fingerprint density at radius 3 is 2.88 bits per heavy atom. The first kappa shape index (κ1) is 11.2. The summed E-state index contributed by atoms with van der Waals surface area (Å²) in [6.45, 7) is 0. The molecule has 1 aromatic carbocycles. The highest BCUT2D eigenvalue weighted by Gasteiger charge is 2.18. The molecule has 1 aromatic rings. The largest absolute Gasteiger partial charge is 0.338 e. The lowest BCUT2D eigenvalue weighted by Crippen LogP contribution is -2.03. The molecule has 0 aliphatic carbocycles. The highest BCUT2D eigenvalue weighted by Crippen LogP contribution is 2.23. The van der Waals surface area contributed by atoms with Crippen molar-refractivity contribution in [3.05, 3.63) is 29.3 Å². The molecular weight excluding hydrogens is 216 g/mol. The first-order valence-electron chi connectivity index (χ1n) is 5.22. The van der Waals surface area contributed by atoms with Gasteiger partial charge in [0.2, 0.25) is 11.7 Å². The maximum Gasteiger partial charge on any atom is 0.237 e. The summed E-state index contributed by atoms with van der Waals surface area (Å²) < 4.78 is 0. The Balaban J connectivity index is 2.25. The highest BCUT2D eigenvalue weighted by atomic mass is 16.1. The van der Waals surface area contributed by atoms with Crippen LogP contribution in [0.1, 0.15) is 15.9 Å². The average Bonchev–Trinajstić information content (AvgIpc) is 2.64.